The van der Waals surface area contributed by atoms with Crippen LogP contribution in [-0.2, 0) is 20.9 Å². The van der Waals surface area contributed by atoms with Crippen LogP contribution in [0.1, 0.15) is 22.3 Å². The lowest BCUT2D eigenvalue weighted by Crippen LogP contribution is -2.57. The van der Waals surface area contributed by atoms with E-state index in [-0.39, 0.29) is 25.1 Å². The number of ether oxygens (including phenoxy) is 4. The summed E-state index contributed by atoms with van der Waals surface area (Å²) in [5.41, 5.74) is 2.23. The number of rotatable bonds is 12. The van der Waals surface area contributed by atoms with E-state index < -0.39 is 5.97 Å². The van der Waals surface area contributed by atoms with Gasteiger partial charge in [0.2, 0.25) is 5.91 Å². The van der Waals surface area contributed by atoms with Gasteiger partial charge < -0.3 is 29.2 Å². The van der Waals surface area contributed by atoms with Crippen molar-refractivity contribution in [2.75, 3.05) is 44.9 Å². The van der Waals surface area contributed by atoms with Crippen LogP contribution in [0.5, 0.6) is 11.5 Å². The van der Waals surface area contributed by atoms with Crippen LogP contribution in [0.3, 0.4) is 0 Å². The summed E-state index contributed by atoms with van der Waals surface area (Å²) in [6, 6.07) is 28.2. The number of benzene rings is 4. The summed E-state index contributed by atoms with van der Waals surface area (Å²) in [5.74, 6) is 1.03. The fraction of sp³-hybridized carbons (Fsp3) is 0.273. The molecule has 1 aliphatic heterocycles. The third-order valence-corrected chi connectivity index (χ3v) is 6.95. The molecule has 4 aromatic carbocycles. The lowest BCUT2D eigenvalue weighted by Gasteiger charge is -2.35. The van der Waals surface area contributed by atoms with Crippen molar-refractivity contribution in [1.29, 1.82) is 0 Å². The summed E-state index contributed by atoms with van der Waals surface area (Å²) in [7, 11) is 1.65. The zero-order valence-corrected chi connectivity index (χ0v) is 23.1. The predicted octanol–water partition coefficient (Wildman–Crippen LogP) is 5.00. The molecular formula is C33H34N2O6. The van der Waals surface area contributed by atoms with Gasteiger partial charge in [0.1, 0.15) is 18.1 Å². The SMILES string of the molecule is COc1ccccc1COCCCOc1ccc(N2C(=O)CNC[C@@H]2COC(=O)c2ccc3ccccc3c2)cc1. The Hall–Kier alpha value is -4.40. The molecule has 0 unspecified atom stereocenters. The van der Waals surface area contributed by atoms with Crippen LogP contribution in [0.15, 0.2) is 91.0 Å². The highest BCUT2D eigenvalue weighted by Gasteiger charge is 2.30. The molecule has 0 aliphatic carbocycles. The van der Waals surface area contributed by atoms with E-state index >= 15 is 0 Å². The van der Waals surface area contributed by atoms with Gasteiger partial charge in [0.15, 0.2) is 0 Å². The normalized spacial score (nSPS) is 15.1. The zero-order valence-electron chi connectivity index (χ0n) is 23.1. The van der Waals surface area contributed by atoms with E-state index in [1.807, 2.05) is 84.9 Å². The van der Waals surface area contributed by atoms with E-state index in [1.165, 1.54) is 0 Å². The van der Waals surface area contributed by atoms with Gasteiger partial charge in [0.05, 0.1) is 45.1 Å². The molecule has 1 N–H and O–H groups in total. The third-order valence-electron chi connectivity index (χ3n) is 6.95. The molecule has 1 amide bonds. The number of hydrogen-bond donors (Lipinski definition) is 1. The highest BCUT2D eigenvalue weighted by molar-refractivity contribution is 5.97. The van der Waals surface area contributed by atoms with Crippen molar-refractivity contribution < 1.29 is 28.5 Å². The highest BCUT2D eigenvalue weighted by Crippen LogP contribution is 2.24. The zero-order chi connectivity index (χ0) is 28.4. The number of fused-ring (bicyclic) bond motifs is 1. The second kappa shape index (κ2) is 13.8. The molecule has 41 heavy (non-hydrogen) atoms. The first-order valence-corrected chi connectivity index (χ1v) is 13.7. The number of anilines is 1. The molecule has 8 nitrogen and oxygen atoms in total. The second-order valence-corrected chi connectivity index (χ2v) is 9.77. The number of nitrogens with zero attached hydrogens (tertiary/aromatic N) is 1. The number of piperazine rings is 1. The Bertz CT molecular complexity index is 1470. The monoisotopic (exact) mass is 554 g/mol. The van der Waals surface area contributed by atoms with Gasteiger partial charge in [-0.3, -0.25) is 4.79 Å². The number of carbonyl (C=O) groups is 2. The minimum Gasteiger partial charge on any atom is -0.496 e. The molecule has 0 aromatic heterocycles. The van der Waals surface area contributed by atoms with Gasteiger partial charge in [-0.05, 0) is 53.2 Å². The van der Waals surface area contributed by atoms with E-state index in [2.05, 4.69) is 5.32 Å². The molecule has 5 rings (SSSR count). The van der Waals surface area contributed by atoms with E-state index in [0.29, 0.717) is 37.7 Å². The number of hydrogen-bond acceptors (Lipinski definition) is 7. The van der Waals surface area contributed by atoms with Gasteiger partial charge in [-0.25, -0.2) is 4.79 Å². The van der Waals surface area contributed by atoms with Gasteiger partial charge in [-0.1, -0.05) is 48.5 Å². The van der Waals surface area contributed by atoms with E-state index in [1.54, 1.807) is 18.1 Å². The van der Waals surface area contributed by atoms with Crippen molar-refractivity contribution in [2.24, 2.45) is 0 Å². The van der Waals surface area contributed by atoms with Crippen LogP contribution < -0.4 is 19.7 Å². The van der Waals surface area contributed by atoms with Crippen molar-refractivity contribution >= 4 is 28.3 Å². The molecule has 212 valence electrons. The first-order valence-electron chi connectivity index (χ1n) is 13.7. The Morgan fingerprint density at radius 1 is 0.927 bits per heavy atom. The van der Waals surface area contributed by atoms with Crippen LogP contribution in [0.25, 0.3) is 10.8 Å². The lowest BCUT2D eigenvalue weighted by molar-refractivity contribution is -0.119. The van der Waals surface area contributed by atoms with Gasteiger partial charge in [-0.15, -0.1) is 0 Å². The van der Waals surface area contributed by atoms with Crippen molar-refractivity contribution in [1.82, 2.24) is 5.32 Å². The third kappa shape index (κ3) is 7.22. The average Bonchev–Trinajstić information content (AvgIpc) is 3.02. The maximum absolute atomic E-state index is 12.8. The number of esters is 1. The number of methoxy groups -OCH3 is 1. The molecule has 4 aromatic rings. The van der Waals surface area contributed by atoms with Crippen LogP contribution in [0.2, 0.25) is 0 Å². The number of carbonyl (C=O) groups excluding carboxylic acids is 2. The van der Waals surface area contributed by atoms with Gasteiger partial charge in [0, 0.05) is 24.2 Å². The molecule has 1 heterocycles. The predicted molar refractivity (Wildman–Crippen MR) is 158 cm³/mol. The summed E-state index contributed by atoms with van der Waals surface area (Å²) >= 11 is 0. The van der Waals surface area contributed by atoms with Crippen molar-refractivity contribution in [2.45, 2.75) is 19.1 Å². The fourth-order valence-electron chi connectivity index (χ4n) is 4.84. The topological polar surface area (TPSA) is 86.3 Å². The van der Waals surface area contributed by atoms with Gasteiger partial charge in [-0.2, -0.15) is 0 Å². The van der Waals surface area contributed by atoms with Crippen molar-refractivity contribution in [3.8, 4) is 11.5 Å². The molecule has 0 spiro atoms. The highest BCUT2D eigenvalue weighted by atomic mass is 16.5. The average molecular weight is 555 g/mol. The molecule has 0 saturated carbocycles. The van der Waals surface area contributed by atoms with Crippen molar-refractivity contribution in [3.05, 3.63) is 102 Å². The maximum atomic E-state index is 12.8. The van der Waals surface area contributed by atoms with Crippen LogP contribution >= 0.6 is 0 Å². The Morgan fingerprint density at radius 3 is 2.54 bits per heavy atom. The summed E-state index contributed by atoms with van der Waals surface area (Å²) in [5, 5.41) is 5.15. The van der Waals surface area contributed by atoms with Crippen LogP contribution in [-0.4, -0.2) is 57.9 Å². The standard InChI is InChI=1S/C33H34N2O6/c1-38-31-10-5-4-9-27(31)22-39-17-6-18-40-30-15-13-28(14-16-30)35-29(20-34-21-32(35)36)23-41-33(37)26-12-11-24-7-2-3-8-25(24)19-26/h2-5,7-16,19,29,34H,6,17-18,20-23H2,1H3/t29-/m1/s1. The van der Waals surface area contributed by atoms with Crippen molar-refractivity contribution in [3.63, 3.8) is 0 Å². The number of para-hydroxylation sites is 1. The molecule has 8 heteroatoms. The molecule has 1 saturated heterocycles. The summed E-state index contributed by atoms with van der Waals surface area (Å²) in [6.07, 6.45) is 0.734. The molecular weight excluding hydrogens is 520 g/mol. The lowest BCUT2D eigenvalue weighted by atomic mass is 10.1. The first kappa shape index (κ1) is 28.1. The number of amides is 1. The largest absolute Gasteiger partial charge is 0.496 e. The van der Waals surface area contributed by atoms with Crippen LogP contribution in [0.4, 0.5) is 5.69 Å². The van der Waals surface area contributed by atoms with E-state index in [0.717, 1.165) is 34.2 Å². The Kier molecular flexibility index (Phi) is 9.46. The Balaban J connectivity index is 1.11. The number of nitrogens with one attached hydrogen (secondary N) is 1. The van der Waals surface area contributed by atoms with Gasteiger partial charge in [0.25, 0.3) is 0 Å². The molecule has 1 atom stereocenters. The Morgan fingerprint density at radius 2 is 1.71 bits per heavy atom. The molecule has 1 fully saturated rings. The summed E-state index contributed by atoms with van der Waals surface area (Å²) in [6.45, 7) is 2.37. The smallest absolute Gasteiger partial charge is 0.338 e. The minimum absolute atomic E-state index is 0.0798. The second-order valence-electron chi connectivity index (χ2n) is 9.77. The Labute approximate surface area is 239 Å². The molecule has 0 bridgehead atoms. The van der Waals surface area contributed by atoms with E-state index in [4.69, 9.17) is 18.9 Å². The fourth-order valence-corrected chi connectivity index (χ4v) is 4.84. The van der Waals surface area contributed by atoms with E-state index in [9.17, 15) is 9.59 Å². The summed E-state index contributed by atoms with van der Waals surface area (Å²) in [4.78, 5) is 27.3. The van der Waals surface area contributed by atoms with Gasteiger partial charge >= 0.3 is 5.97 Å². The molecule has 1 aliphatic rings. The maximum Gasteiger partial charge on any atom is 0.338 e. The minimum atomic E-state index is -0.413. The molecule has 0 radical (unpaired) electrons. The quantitative estimate of drug-likeness (QED) is 0.195. The first-order chi connectivity index (χ1) is 20.1. The van der Waals surface area contributed by atoms with Crippen LogP contribution in [0, 0.1) is 0 Å². The summed E-state index contributed by atoms with van der Waals surface area (Å²) < 4.78 is 22.6.